The summed E-state index contributed by atoms with van der Waals surface area (Å²) < 4.78 is 0. The third-order valence-electron chi connectivity index (χ3n) is 2.39. The van der Waals surface area contributed by atoms with Crippen LogP contribution in [0, 0.1) is 12.3 Å². The largest absolute Gasteiger partial charge is 0.480 e. The SMILES string of the molecule is C#CC(C)NC(=O)N1CCC[C@@H]1C(=O)O. The average molecular weight is 210 g/mol. The van der Waals surface area contributed by atoms with E-state index >= 15 is 0 Å². The zero-order valence-electron chi connectivity index (χ0n) is 8.56. The highest BCUT2D eigenvalue weighted by Gasteiger charge is 2.34. The van der Waals surface area contributed by atoms with E-state index in [0.717, 1.165) is 6.42 Å². The Morgan fingerprint density at radius 3 is 2.87 bits per heavy atom. The van der Waals surface area contributed by atoms with Crippen molar-refractivity contribution in [3.63, 3.8) is 0 Å². The molecule has 0 aliphatic carbocycles. The van der Waals surface area contributed by atoms with Gasteiger partial charge in [-0.1, -0.05) is 5.92 Å². The van der Waals surface area contributed by atoms with Crippen LogP contribution in [0.4, 0.5) is 4.79 Å². The number of terminal acetylenes is 1. The molecule has 0 radical (unpaired) electrons. The lowest BCUT2D eigenvalue weighted by atomic mass is 10.2. The van der Waals surface area contributed by atoms with Crippen molar-refractivity contribution in [2.45, 2.75) is 31.8 Å². The van der Waals surface area contributed by atoms with Crippen LogP contribution >= 0.6 is 0 Å². The number of hydrogen-bond acceptors (Lipinski definition) is 2. The quantitative estimate of drug-likeness (QED) is 0.642. The standard InChI is InChI=1S/C10H14N2O3/c1-3-7(2)11-10(15)12-6-4-5-8(12)9(13)14/h1,7-8H,4-6H2,2H3,(H,11,15)(H,13,14)/t7?,8-/m1/s1. The number of urea groups is 1. The summed E-state index contributed by atoms with van der Waals surface area (Å²) >= 11 is 0. The number of nitrogens with zero attached hydrogens (tertiary/aromatic N) is 1. The molecule has 0 aromatic heterocycles. The fraction of sp³-hybridized carbons (Fsp3) is 0.600. The number of hydrogen-bond donors (Lipinski definition) is 2. The van der Waals surface area contributed by atoms with Crippen molar-refractivity contribution in [1.29, 1.82) is 0 Å². The smallest absolute Gasteiger partial charge is 0.326 e. The summed E-state index contributed by atoms with van der Waals surface area (Å²) in [5, 5.41) is 11.4. The van der Waals surface area contributed by atoms with Gasteiger partial charge in [-0.15, -0.1) is 6.42 Å². The second kappa shape index (κ2) is 4.69. The second-order valence-corrected chi connectivity index (χ2v) is 3.53. The van der Waals surface area contributed by atoms with Crippen molar-refractivity contribution in [3.8, 4) is 12.3 Å². The number of carbonyl (C=O) groups excluding carboxylic acids is 1. The van der Waals surface area contributed by atoms with Crippen molar-refractivity contribution in [2.24, 2.45) is 0 Å². The second-order valence-electron chi connectivity index (χ2n) is 3.53. The molecule has 5 nitrogen and oxygen atoms in total. The summed E-state index contributed by atoms with van der Waals surface area (Å²) in [5.74, 6) is 1.40. The molecule has 1 unspecified atom stereocenters. The van der Waals surface area contributed by atoms with Crippen molar-refractivity contribution in [3.05, 3.63) is 0 Å². The zero-order valence-corrected chi connectivity index (χ0v) is 8.56. The Balaban J connectivity index is 2.59. The Bertz CT molecular complexity index is 308. The summed E-state index contributed by atoms with van der Waals surface area (Å²) in [4.78, 5) is 23.7. The number of carbonyl (C=O) groups is 2. The summed E-state index contributed by atoms with van der Waals surface area (Å²) in [5.41, 5.74) is 0. The Kier molecular flexibility index (Phi) is 3.56. The van der Waals surface area contributed by atoms with Gasteiger partial charge < -0.3 is 15.3 Å². The van der Waals surface area contributed by atoms with Crippen LogP contribution in [0.25, 0.3) is 0 Å². The van der Waals surface area contributed by atoms with E-state index in [1.165, 1.54) is 4.90 Å². The number of aliphatic carboxylic acids is 1. The highest BCUT2D eigenvalue weighted by molar-refractivity contribution is 5.83. The minimum atomic E-state index is -0.962. The topological polar surface area (TPSA) is 69.6 Å². The molecule has 2 atom stereocenters. The maximum Gasteiger partial charge on any atom is 0.326 e. The van der Waals surface area contributed by atoms with Crippen molar-refractivity contribution in [1.82, 2.24) is 10.2 Å². The predicted molar refractivity (Wildman–Crippen MR) is 54.2 cm³/mol. The van der Waals surface area contributed by atoms with Crippen molar-refractivity contribution >= 4 is 12.0 Å². The van der Waals surface area contributed by atoms with Gasteiger partial charge in [0.1, 0.15) is 6.04 Å². The van der Waals surface area contributed by atoms with Gasteiger partial charge in [0, 0.05) is 6.54 Å². The van der Waals surface area contributed by atoms with Gasteiger partial charge in [-0.05, 0) is 19.8 Å². The molecular formula is C10H14N2O3. The monoisotopic (exact) mass is 210 g/mol. The molecule has 2 amide bonds. The fourth-order valence-corrected chi connectivity index (χ4v) is 1.58. The lowest BCUT2D eigenvalue weighted by Gasteiger charge is -2.22. The first-order valence-corrected chi connectivity index (χ1v) is 4.82. The number of amides is 2. The van der Waals surface area contributed by atoms with Crippen LogP contribution < -0.4 is 5.32 Å². The third-order valence-corrected chi connectivity index (χ3v) is 2.39. The molecule has 2 N–H and O–H groups in total. The molecule has 1 saturated heterocycles. The van der Waals surface area contributed by atoms with Gasteiger partial charge in [0.25, 0.3) is 0 Å². The first-order valence-electron chi connectivity index (χ1n) is 4.82. The van der Waals surface area contributed by atoms with E-state index in [0.29, 0.717) is 13.0 Å². The van der Waals surface area contributed by atoms with Crippen LogP contribution in [0.1, 0.15) is 19.8 Å². The van der Waals surface area contributed by atoms with E-state index in [4.69, 9.17) is 11.5 Å². The van der Waals surface area contributed by atoms with E-state index in [9.17, 15) is 9.59 Å². The Labute approximate surface area is 88.4 Å². The fourth-order valence-electron chi connectivity index (χ4n) is 1.58. The van der Waals surface area contributed by atoms with E-state index in [1.807, 2.05) is 0 Å². The average Bonchev–Trinajstić information content (AvgIpc) is 2.65. The molecule has 1 rings (SSSR count). The van der Waals surface area contributed by atoms with Crippen molar-refractivity contribution < 1.29 is 14.7 Å². The summed E-state index contributed by atoms with van der Waals surface area (Å²) in [6.07, 6.45) is 6.34. The van der Waals surface area contributed by atoms with E-state index in [1.54, 1.807) is 6.92 Å². The van der Waals surface area contributed by atoms with Gasteiger partial charge in [0.15, 0.2) is 0 Å². The highest BCUT2D eigenvalue weighted by atomic mass is 16.4. The third kappa shape index (κ3) is 2.62. The number of carboxylic acids is 1. The lowest BCUT2D eigenvalue weighted by molar-refractivity contribution is -0.141. The van der Waals surface area contributed by atoms with Gasteiger partial charge in [0.2, 0.25) is 0 Å². The molecule has 1 heterocycles. The summed E-state index contributed by atoms with van der Waals surface area (Å²) in [7, 11) is 0. The van der Waals surface area contributed by atoms with E-state index in [2.05, 4.69) is 11.2 Å². The van der Waals surface area contributed by atoms with E-state index in [-0.39, 0.29) is 6.04 Å². The normalized spacial score (nSPS) is 21.9. The number of carboxylic acid groups (broad SMARTS) is 1. The van der Waals surface area contributed by atoms with Crippen LogP contribution in [0.15, 0.2) is 0 Å². The van der Waals surface area contributed by atoms with Crippen LogP contribution in [0.5, 0.6) is 0 Å². The molecule has 0 bridgehead atoms. The molecule has 0 aromatic rings. The molecule has 5 heteroatoms. The zero-order chi connectivity index (χ0) is 11.4. The molecular weight excluding hydrogens is 196 g/mol. The molecule has 1 aliphatic rings. The molecule has 0 saturated carbocycles. The highest BCUT2D eigenvalue weighted by Crippen LogP contribution is 2.17. The minimum absolute atomic E-state index is 0.382. The van der Waals surface area contributed by atoms with Crippen LogP contribution in [0.3, 0.4) is 0 Å². The summed E-state index contributed by atoms with van der Waals surface area (Å²) in [6, 6.07) is -1.49. The Morgan fingerprint density at radius 2 is 2.33 bits per heavy atom. The van der Waals surface area contributed by atoms with Gasteiger partial charge in [-0.2, -0.15) is 0 Å². The maximum atomic E-state index is 11.6. The van der Waals surface area contributed by atoms with Gasteiger partial charge in [-0.25, -0.2) is 9.59 Å². The number of rotatable bonds is 2. The Morgan fingerprint density at radius 1 is 1.67 bits per heavy atom. The molecule has 15 heavy (non-hydrogen) atoms. The van der Waals surface area contributed by atoms with Crippen LogP contribution in [0.2, 0.25) is 0 Å². The Hall–Kier alpha value is -1.70. The summed E-state index contributed by atoms with van der Waals surface area (Å²) in [6.45, 7) is 2.14. The molecule has 1 aliphatic heterocycles. The molecule has 0 aromatic carbocycles. The molecule has 82 valence electrons. The van der Waals surface area contributed by atoms with Crippen molar-refractivity contribution in [2.75, 3.05) is 6.54 Å². The molecule has 0 spiro atoms. The number of likely N-dealkylation sites (tertiary alicyclic amines) is 1. The first kappa shape index (κ1) is 11.4. The minimum Gasteiger partial charge on any atom is -0.480 e. The molecule has 1 fully saturated rings. The van der Waals surface area contributed by atoms with Gasteiger partial charge in [0.05, 0.1) is 6.04 Å². The van der Waals surface area contributed by atoms with Gasteiger partial charge in [-0.3, -0.25) is 0 Å². The van der Waals surface area contributed by atoms with E-state index < -0.39 is 18.0 Å². The predicted octanol–water partition coefficient (Wildman–Crippen LogP) is 0.267. The lowest BCUT2D eigenvalue weighted by Crippen LogP contribution is -2.48. The number of nitrogens with one attached hydrogen (secondary N) is 1. The van der Waals surface area contributed by atoms with Gasteiger partial charge >= 0.3 is 12.0 Å². The maximum absolute atomic E-state index is 11.6. The van der Waals surface area contributed by atoms with Crippen LogP contribution in [-0.2, 0) is 4.79 Å². The first-order chi connectivity index (χ1) is 7.06. The van der Waals surface area contributed by atoms with Crippen LogP contribution in [-0.4, -0.2) is 40.6 Å².